The van der Waals surface area contributed by atoms with Gasteiger partial charge in [0.1, 0.15) is 5.75 Å². The minimum atomic E-state index is -0.364. The zero-order valence-corrected chi connectivity index (χ0v) is 18.2. The maximum absolute atomic E-state index is 12.2. The highest BCUT2D eigenvalue weighted by atomic mass is 16.5. The van der Waals surface area contributed by atoms with Crippen molar-refractivity contribution in [1.29, 1.82) is 0 Å². The monoisotopic (exact) mass is 392 g/mol. The number of carbonyl (C=O) groups excluding carboxylic acids is 1. The predicted octanol–water partition coefficient (Wildman–Crippen LogP) is 6.65. The summed E-state index contributed by atoms with van der Waals surface area (Å²) in [6.45, 7) is 12.0. The molecule has 0 aromatic heterocycles. The van der Waals surface area contributed by atoms with Crippen molar-refractivity contribution in [1.82, 2.24) is 0 Å². The maximum Gasteiger partial charge on any atom is 0.342 e. The van der Waals surface area contributed by atoms with Gasteiger partial charge in [-0.05, 0) is 71.6 Å². The fourth-order valence-electron chi connectivity index (χ4n) is 3.89. The van der Waals surface area contributed by atoms with E-state index in [4.69, 9.17) is 9.47 Å². The van der Waals surface area contributed by atoms with Crippen LogP contribution in [0.1, 0.15) is 80.9 Å². The van der Waals surface area contributed by atoms with Gasteiger partial charge in [-0.25, -0.2) is 4.79 Å². The Morgan fingerprint density at radius 1 is 1.00 bits per heavy atom. The molecule has 1 aliphatic carbocycles. The number of benzene rings is 2. The Morgan fingerprint density at radius 3 is 2.24 bits per heavy atom. The molecule has 0 fully saturated rings. The molecule has 0 bridgehead atoms. The van der Waals surface area contributed by atoms with E-state index in [1.807, 2.05) is 24.3 Å². The van der Waals surface area contributed by atoms with Crippen LogP contribution in [0, 0.1) is 0 Å². The first kappa shape index (κ1) is 21.2. The van der Waals surface area contributed by atoms with Crippen LogP contribution in [0.15, 0.2) is 48.7 Å². The summed E-state index contributed by atoms with van der Waals surface area (Å²) in [7, 11) is 0. The maximum atomic E-state index is 12.2. The van der Waals surface area contributed by atoms with Crippen molar-refractivity contribution in [3.05, 3.63) is 71.0 Å². The van der Waals surface area contributed by atoms with Gasteiger partial charge >= 0.3 is 5.97 Å². The molecule has 0 saturated heterocycles. The van der Waals surface area contributed by atoms with Crippen LogP contribution in [0.2, 0.25) is 0 Å². The normalized spacial score (nSPS) is 17.0. The summed E-state index contributed by atoms with van der Waals surface area (Å²) in [5.74, 6) is 0.487. The number of esters is 1. The first-order chi connectivity index (χ1) is 13.7. The van der Waals surface area contributed by atoms with E-state index in [0.717, 1.165) is 30.6 Å². The zero-order chi connectivity index (χ0) is 21.1. The van der Waals surface area contributed by atoms with E-state index in [1.165, 1.54) is 17.4 Å². The smallest absolute Gasteiger partial charge is 0.342 e. The lowest BCUT2D eigenvalue weighted by molar-refractivity contribution is 0.0665. The van der Waals surface area contributed by atoms with E-state index < -0.39 is 0 Å². The van der Waals surface area contributed by atoms with Crippen LogP contribution >= 0.6 is 0 Å². The second-order valence-corrected chi connectivity index (χ2v) is 9.13. The molecule has 0 aliphatic heterocycles. The van der Waals surface area contributed by atoms with Crippen LogP contribution in [0.5, 0.6) is 5.75 Å². The Kier molecular flexibility index (Phi) is 6.16. The van der Waals surface area contributed by atoms with Crippen LogP contribution in [-0.2, 0) is 15.6 Å². The summed E-state index contributed by atoms with van der Waals surface area (Å²) in [6.07, 6.45) is 6.55. The summed E-state index contributed by atoms with van der Waals surface area (Å²) in [4.78, 5) is 12.2. The summed E-state index contributed by atoms with van der Waals surface area (Å²) in [5, 5.41) is 0. The van der Waals surface area contributed by atoms with Gasteiger partial charge in [-0.1, -0.05) is 52.8 Å². The fourth-order valence-corrected chi connectivity index (χ4v) is 3.89. The molecule has 0 saturated carbocycles. The van der Waals surface area contributed by atoms with E-state index >= 15 is 0 Å². The molecule has 3 heteroatoms. The number of hydrogen-bond acceptors (Lipinski definition) is 3. The van der Waals surface area contributed by atoms with Gasteiger partial charge in [0.2, 0.25) is 0 Å². The minimum Gasteiger partial charge on any atom is -0.493 e. The summed E-state index contributed by atoms with van der Waals surface area (Å²) in [5.41, 5.74) is 4.43. The first-order valence-corrected chi connectivity index (χ1v) is 10.5. The lowest BCUT2D eigenvalue weighted by Crippen LogP contribution is -2.34. The molecule has 0 unspecified atom stereocenters. The van der Waals surface area contributed by atoms with E-state index in [2.05, 4.69) is 46.8 Å². The van der Waals surface area contributed by atoms with Crippen molar-refractivity contribution in [2.75, 3.05) is 6.61 Å². The van der Waals surface area contributed by atoms with Gasteiger partial charge in [-0.2, -0.15) is 0 Å². The Balaban J connectivity index is 1.93. The van der Waals surface area contributed by atoms with Crippen molar-refractivity contribution in [2.45, 2.75) is 64.7 Å². The molecular formula is C26H32O3. The van der Waals surface area contributed by atoms with Crippen LogP contribution < -0.4 is 4.74 Å². The third-order valence-electron chi connectivity index (χ3n) is 5.88. The van der Waals surface area contributed by atoms with Gasteiger partial charge in [0.15, 0.2) is 0 Å². The van der Waals surface area contributed by atoms with Crippen molar-refractivity contribution < 1.29 is 14.3 Å². The highest BCUT2D eigenvalue weighted by molar-refractivity contribution is 5.89. The molecule has 3 nitrogen and oxygen atoms in total. The molecule has 0 amide bonds. The van der Waals surface area contributed by atoms with Crippen molar-refractivity contribution in [2.24, 2.45) is 0 Å². The van der Waals surface area contributed by atoms with Gasteiger partial charge in [-0.15, -0.1) is 0 Å². The molecule has 0 N–H and O–H groups in total. The third-order valence-corrected chi connectivity index (χ3v) is 5.88. The summed E-state index contributed by atoms with van der Waals surface area (Å²) < 4.78 is 11.4. The quantitative estimate of drug-likeness (QED) is 0.408. The molecule has 0 radical (unpaired) electrons. The molecule has 1 aliphatic rings. The summed E-state index contributed by atoms with van der Waals surface area (Å²) in [6, 6.07) is 13.4. The number of hydrogen-bond donors (Lipinski definition) is 0. The lowest BCUT2D eigenvalue weighted by Gasteiger charge is -2.42. The Hall–Kier alpha value is -2.55. The molecule has 0 heterocycles. The Morgan fingerprint density at radius 2 is 1.62 bits per heavy atom. The summed E-state index contributed by atoms with van der Waals surface area (Å²) >= 11 is 0. The minimum absolute atomic E-state index is 0.109. The standard InChI is InChI=1S/C26H32O3/c1-6-15-28-23-18-22-21(25(2,3)13-14-26(22,4)5)17-20(23)12-16-29-24(27)19-10-8-7-9-11-19/h7-12,16-18H,6,13-15H2,1-5H3. The van der Waals surface area contributed by atoms with Crippen LogP contribution in [0.3, 0.4) is 0 Å². The number of carbonyl (C=O) groups is 1. The van der Waals surface area contributed by atoms with E-state index in [-0.39, 0.29) is 16.8 Å². The van der Waals surface area contributed by atoms with E-state index in [0.29, 0.717) is 12.2 Å². The zero-order valence-electron chi connectivity index (χ0n) is 18.2. The van der Waals surface area contributed by atoms with Gasteiger partial charge in [0, 0.05) is 5.56 Å². The van der Waals surface area contributed by atoms with Crippen molar-refractivity contribution >= 4 is 12.0 Å². The fraction of sp³-hybridized carbons (Fsp3) is 0.423. The Labute approximate surface area is 174 Å². The topological polar surface area (TPSA) is 35.5 Å². The molecule has 29 heavy (non-hydrogen) atoms. The largest absolute Gasteiger partial charge is 0.493 e. The van der Waals surface area contributed by atoms with E-state index in [9.17, 15) is 4.79 Å². The molecule has 3 rings (SSSR count). The molecule has 0 spiro atoms. The van der Waals surface area contributed by atoms with E-state index in [1.54, 1.807) is 12.1 Å². The van der Waals surface area contributed by atoms with Crippen LogP contribution in [0.4, 0.5) is 0 Å². The van der Waals surface area contributed by atoms with Gasteiger partial charge in [-0.3, -0.25) is 0 Å². The van der Waals surface area contributed by atoms with Gasteiger partial charge in [0.05, 0.1) is 18.4 Å². The molecular weight excluding hydrogens is 360 g/mol. The predicted molar refractivity (Wildman–Crippen MR) is 118 cm³/mol. The van der Waals surface area contributed by atoms with Gasteiger partial charge in [0.25, 0.3) is 0 Å². The molecule has 0 atom stereocenters. The SMILES string of the molecule is CCCOc1cc2c(cc1C=COC(=O)c1ccccc1)C(C)(C)CCC2(C)C. The van der Waals surface area contributed by atoms with Crippen molar-refractivity contribution in [3.63, 3.8) is 0 Å². The average molecular weight is 393 g/mol. The molecule has 154 valence electrons. The first-order valence-electron chi connectivity index (χ1n) is 10.5. The lowest BCUT2D eigenvalue weighted by atomic mass is 9.63. The second-order valence-electron chi connectivity index (χ2n) is 9.13. The highest BCUT2D eigenvalue weighted by Gasteiger charge is 2.37. The van der Waals surface area contributed by atoms with Crippen molar-refractivity contribution in [3.8, 4) is 5.75 Å². The van der Waals surface area contributed by atoms with Gasteiger partial charge < -0.3 is 9.47 Å². The Bertz CT molecular complexity index is 892. The van der Waals surface area contributed by atoms with Crippen LogP contribution in [-0.4, -0.2) is 12.6 Å². The number of rotatable bonds is 6. The number of ether oxygens (including phenoxy) is 2. The average Bonchev–Trinajstić information content (AvgIpc) is 2.70. The van der Waals surface area contributed by atoms with Crippen LogP contribution in [0.25, 0.3) is 6.08 Å². The molecule has 2 aromatic rings. The highest BCUT2D eigenvalue weighted by Crippen LogP contribution is 2.47. The third kappa shape index (κ3) is 4.72. The molecule has 2 aromatic carbocycles. The second kappa shape index (κ2) is 8.44. The number of fused-ring (bicyclic) bond motifs is 1.